The van der Waals surface area contributed by atoms with Crippen molar-refractivity contribution in [3.63, 3.8) is 0 Å². The predicted molar refractivity (Wildman–Crippen MR) is 149 cm³/mol. The molecule has 3 atom stereocenters. The van der Waals surface area contributed by atoms with E-state index in [9.17, 15) is 19.5 Å². The van der Waals surface area contributed by atoms with Crippen LogP contribution in [0.4, 0.5) is 0 Å². The third-order valence-electron chi connectivity index (χ3n) is 6.49. The maximum Gasteiger partial charge on any atom is 0.330 e. The fourth-order valence-electron chi connectivity index (χ4n) is 4.30. The van der Waals surface area contributed by atoms with E-state index in [1.165, 1.54) is 68.6 Å². The standard InChI is InChI=1S/C27H43IN2O6/c1-2-3-4-5-6-7-8-9-10-11-12-13-14-15-16-17-25(32)35-20-23-22(31)18-24(36-23)30-19-21(28)26(33)29-27(30)34/h9-10,19,22-24,31H,2-8,11-18,20H2,1H3,(H,29,33,34)/b10-9+/t22-,23+,24+/m0/s1. The second kappa shape index (κ2) is 17.9. The SMILES string of the molecule is CCCCCCCC/C=C/CCCCCCCC(=O)OC[C@H]1O[C@@H](n2cc(I)c(=O)[nH]c2=O)C[C@@H]1O. The smallest absolute Gasteiger partial charge is 0.330 e. The lowest BCUT2D eigenvalue weighted by atomic mass is 10.1. The number of unbranched alkanes of at least 4 members (excludes halogenated alkanes) is 11. The van der Waals surface area contributed by atoms with Crippen molar-refractivity contribution < 1.29 is 19.4 Å². The van der Waals surface area contributed by atoms with Gasteiger partial charge in [0, 0.05) is 19.0 Å². The molecule has 0 spiro atoms. The van der Waals surface area contributed by atoms with E-state index < -0.39 is 29.7 Å². The highest BCUT2D eigenvalue weighted by Crippen LogP contribution is 2.28. The van der Waals surface area contributed by atoms with Crippen molar-refractivity contribution in [1.29, 1.82) is 0 Å². The number of aromatic nitrogens is 2. The predicted octanol–water partition coefficient (Wildman–Crippen LogP) is 5.37. The van der Waals surface area contributed by atoms with Gasteiger partial charge in [0.15, 0.2) is 0 Å². The van der Waals surface area contributed by atoms with Crippen molar-refractivity contribution in [1.82, 2.24) is 9.55 Å². The Balaban J connectivity index is 1.49. The summed E-state index contributed by atoms with van der Waals surface area (Å²) in [5.41, 5.74) is -1.06. The molecule has 9 heteroatoms. The lowest BCUT2D eigenvalue weighted by molar-refractivity contribution is -0.150. The number of nitrogens with one attached hydrogen (secondary N) is 1. The van der Waals surface area contributed by atoms with Crippen LogP contribution < -0.4 is 11.2 Å². The first-order valence-corrected chi connectivity index (χ1v) is 14.6. The zero-order valence-electron chi connectivity index (χ0n) is 21.6. The molecule has 0 saturated carbocycles. The molecule has 1 aromatic rings. The molecular formula is C27H43IN2O6. The van der Waals surface area contributed by atoms with Crippen LogP contribution in [0.1, 0.15) is 109 Å². The number of H-pyrrole nitrogens is 1. The van der Waals surface area contributed by atoms with Crippen molar-refractivity contribution in [2.45, 2.75) is 122 Å². The number of aliphatic hydroxyl groups excluding tert-OH is 1. The molecule has 2 rings (SSSR count). The number of aliphatic hydroxyl groups is 1. The summed E-state index contributed by atoms with van der Waals surface area (Å²) in [6, 6.07) is 0. The molecule has 0 radical (unpaired) electrons. The summed E-state index contributed by atoms with van der Waals surface area (Å²) >= 11 is 1.83. The minimum Gasteiger partial charge on any atom is -0.463 e. The first-order valence-electron chi connectivity index (χ1n) is 13.6. The van der Waals surface area contributed by atoms with Crippen LogP contribution >= 0.6 is 22.6 Å². The summed E-state index contributed by atoms with van der Waals surface area (Å²) in [6.45, 7) is 2.19. The highest BCUT2D eigenvalue weighted by atomic mass is 127. The van der Waals surface area contributed by atoms with Crippen molar-refractivity contribution in [2.75, 3.05) is 6.61 Å². The third-order valence-corrected chi connectivity index (χ3v) is 7.26. The van der Waals surface area contributed by atoms with Crippen LogP contribution in [0.3, 0.4) is 0 Å². The molecule has 0 bridgehead atoms. The molecule has 1 saturated heterocycles. The Labute approximate surface area is 228 Å². The molecule has 2 N–H and O–H groups in total. The number of carbonyl (C=O) groups excluding carboxylic acids is 1. The summed E-state index contributed by atoms with van der Waals surface area (Å²) in [6.07, 6.45) is 19.9. The monoisotopic (exact) mass is 618 g/mol. The Morgan fingerprint density at radius 3 is 2.36 bits per heavy atom. The molecular weight excluding hydrogens is 575 g/mol. The van der Waals surface area contributed by atoms with Gasteiger partial charge in [0.2, 0.25) is 0 Å². The van der Waals surface area contributed by atoms with Crippen LogP contribution in [-0.4, -0.2) is 39.4 Å². The Morgan fingerprint density at radius 1 is 1.08 bits per heavy atom. The molecule has 0 amide bonds. The van der Waals surface area contributed by atoms with Crippen LogP contribution in [-0.2, 0) is 14.3 Å². The summed E-state index contributed by atoms with van der Waals surface area (Å²) in [5, 5.41) is 10.3. The molecule has 204 valence electrons. The Hall–Kier alpha value is -1.46. The number of aromatic amines is 1. The first kappa shape index (κ1) is 30.8. The quantitative estimate of drug-likeness (QED) is 0.0991. The average Bonchev–Trinajstić information content (AvgIpc) is 3.22. The zero-order valence-corrected chi connectivity index (χ0v) is 23.7. The van der Waals surface area contributed by atoms with Gasteiger partial charge < -0.3 is 14.6 Å². The Morgan fingerprint density at radius 2 is 1.69 bits per heavy atom. The molecule has 8 nitrogen and oxygen atoms in total. The molecule has 36 heavy (non-hydrogen) atoms. The number of halogens is 1. The van der Waals surface area contributed by atoms with Crippen molar-refractivity contribution in [2.24, 2.45) is 0 Å². The molecule has 0 aliphatic carbocycles. The van der Waals surface area contributed by atoms with E-state index >= 15 is 0 Å². The van der Waals surface area contributed by atoms with E-state index in [1.807, 2.05) is 22.6 Å². The largest absolute Gasteiger partial charge is 0.463 e. The number of carbonyl (C=O) groups is 1. The maximum atomic E-state index is 12.1. The average molecular weight is 619 g/mol. The minimum absolute atomic E-state index is 0.0588. The van der Waals surface area contributed by atoms with Gasteiger partial charge in [-0.1, -0.05) is 70.4 Å². The van der Waals surface area contributed by atoms with Crippen LogP contribution in [0.15, 0.2) is 27.9 Å². The van der Waals surface area contributed by atoms with Crippen LogP contribution in [0.2, 0.25) is 0 Å². The highest BCUT2D eigenvalue weighted by Gasteiger charge is 2.36. The summed E-state index contributed by atoms with van der Waals surface area (Å²) in [7, 11) is 0. The Bertz CT molecular complexity index is 912. The van der Waals surface area contributed by atoms with E-state index in [4.69, 9.17) is 9.47 Å². The first-order chi connectivity index (χ1) is 17.4. The topological polar surface area (TPSA) is 111 Å². The third kappa shape index (κ3) is 11.7. The summed E-state index contributed by atoms with van der Waals surface area (Å²) < 4.78 is 12.6. The maximum absolute atomic E-state index is 12.1. The molecule has 0 unspecified atom stereocenters. The van der Waals surface area contributed by atoms with Gasteiger partial charge in [-0.3, -0.25) is 19.1 Å². The summed E-state index contributed by atoms with van der Waals surface area (Å²) in [5.74, 6) is -0.303. The van der Waals surface area contributed by atoms with Crippen LogP contribution in [0.25, 0.3) is 0 Å². The molecule has 2 heterocycles. The fourth-order valence-corrected chi connectivity index (χ4v) is 4.73. The van der Waals surface area contributed by atoms with E-state index in [-0.39, 0.29) is 19.0 Å². The number of hydrogen-bond donors (Lipinski definition) is 2. The van der Waals surface area contributed by atoms with Crippen molar-refractivity contribution >= 4 is 28.6 Å². The van der Waals surface area contributed by atoms with E-state index in [0.717, 1.165) is 25.7 Å². The zero-order chi connectivity index (χ0) is 26.2. The normalized spacial score (nSPS) is 19.8. The van der Waals surface area contributed by atoms with Crippen molar-refractivity contribution in [3.8, 4) is 0 Å². The lowest BCUT2D eigenvalue weighted by Crippen LogP contribution is -2.33. The molecule has 1 aliphatic rings. The number of allylic oxidation sites excluding steroid dienone is 2. The van der Waals surface area contributed by atoms with Crippen molar-refractivity contribution in [3.05, 3.63) is 42.8 Å². The van der Waals surface area contributed by atoms with E-state index in [2.05, 4.69) is 24.1 Å². The number of rotatable bonds is 18. The molecule has 1 aromatic heterocycles. The van der Waals surface area contributed by atoms with Crippen LogP contribution in [0, 0.1) is 3.57 Å². The van der Waals surface area contributed by atoms with Gasteiger partial charge in [-0.05, 0) is 54.7 Å². The molecule has 1 aliphatic heterocycles. The Kier molecular flexibility index (Phi) is 15.3. The van der Waals surface area contributed by atoms with E-state index in [0.29, 0.717) is 9.99 Å². The van der Waals surface area contributed by atoms with Gasteiger partial charge in [-0.15, -0.1) is 0 Å². The van der Waals surface area contributed by atoms with Gasteiger partial charge in [0.25, 0.3) is 5.56 Å². The van der Waals surface area contributed by atoms with Gasteiger partial charge >= 0.3 is 11.7 Å². The molecule has 1 fully saturated rings. The van der Waals surface area contributed by atoms with Gasteiger partial charge in [-0.25, -0.2) is 4.79 Å². The highest BCUT2D eigenvalue weighted by molar-refractivity contribution is 14.1. The fraction of sp³-hybridized carbons (Fsp3) is 0.741. The minimum atomic E-state index is -0.862. The van der Waals surface area contributed by atoms with Gasteiger partial charge in [0.05, 0.1) is 9.67 Å². The number of esters is 1. The second-order valence-electron chi connectivity index (χ2n) is 9.59. The summed E-state index contributed by atoms with van der Waals surface area (Å²) in [4.78, 5) is 37.9. The second-order valence-corrected chi connectivity index (χ2v) is 10.8. The number of nitrogens with zero attached hydrogens (tertiary/aromatic N) is 1. The number of ether oxygens (including phenoxy) is 2. The van der Waals surface area contributed by atoms with Crippen LogP contribution in [0.5, 0.6) is 0 Å². The van der Waals surface area contributed by atoms with Gasteiger partial charge in [-0.2, -0.15) is 0 Å². The van der Waals surface area contributed by atoms with E-state index in [1.54, 1.807) is 0 Å². The molecule has 0 aromatic carbocycles. The number of hydrogen-bond acceptors (Lipinski definition) is 6. The lowest BCUT2D eigenvalue weighted by Gasteiger charge is -2.16. The van der Waals surface area contributed by atoms with Gasteiger partial charge in [0.1, 0.15) is 18.9 Å².